The number of halogens is 1. The van der Waals surface area contributed by atoms with Crippen LogP contribution in [0.15, 0.2) is 24.3 Å². The molecule has 0 bridgehead atoms. The lowest BCUT2D eigenvalue weighted by molar-refractivity contribution is -0.119. The molecule has 0 radical (unpaired) electrons. The van der Waals surface area contributed by atoms with Crippen molar-refractivity contribution in [3.8, 4) is 0 Å². The van der Waals surface area contributed by atoms with E-state index < -0.39 is 10.0 Å². The number of benzene rings is 1. The van der Waals surface area contributed by atoms with Crippen LogP contribution in [0.5, 0.6) is 0 Å². The fourth-order valence-electron chi connectivity index (χ4n) is 3.08. The molecule has 26 heavy (non-hydrogen) atoms. The third kappa shape index (κ3) is 7.40. The summed E-state index contributed by atoms with van der Waals surface area (Å²) in [6, 6.07) is 7.09. The molecular formula is C18H28IN3O3S. The monoisotopic (exact) mass is 493 g/mol. The lowest BCUT2D eigenvalue weighted by Gasteiger charge is -2.22. The maximum absolute atomic E-state index is 12.2. The molecule has 1 aromatic carbocycles. The topological polar surface area (TPSA) is 69.7 Å². The van der Waals surface area contributed by atoms with Crippen LogP contribution >= 0.6 is 22.6 Å². The van der Waals surface area contributed by atoms with Gasteiger partial charge in [-0.1, -0.05) is 12.8 Å². The summed E-state index contributed by atoms with van der Waals surface area (Å²) in [5, 5.41) is 2.85. The third-order valence-electron chi connectivity index (χ3n) is 4.47. The van der Waals surface area contributed by atoms with Crippen molar-refractivity contribution in [2.75, 3.05) is 43.3 Å². The van der Waals surface area contributed by atoms with E-state index in [-0.39, 0.29) is 12.5 Å². The Morgan fingerprint density at radius 1 is 1.15 bits per heavy atom. The summed E-state index contributed by atoms with van der Waals surface area (Å²) in [6.07, 6.45) is 7.14. The van der Waals surface area contributed by atoms with E-state index in [1.807, 2.05) is 12.1 Å². The van der Waals surface area contributed by atoms with Gasteiger partial charge in [0.05, 0.1) is 11.9 Å². The van der Waals surface area contributed by atoms with Crippen LogP contribution in [-0.4, -0.2) is 58.2 Å². The predicted molar refractivity (Wildman–Crippen MR) is 114 cm³/mol. The number of hydrogen-bond donors (Lipinski definition) is 1. The van der Waals surface area contributed by atoms with Gasteiger partial charge >= 0.3 is 0 Å². The highest BCUT2D eigenvalue weighted by Gasteiger charge is 2.20. The summed E-state index contributed by atoms with van der Waals surface area (Å²) in [5.41, 5.74) is 0.507. The second-order valence-corrected chi connectivity index (χ2v) is 9.86. The van der Waals surface area contributed by atoms with E-state index in [0.29, 0.717) is 12.2 Å². The zero-order valence-electron chi connectivity index (χ0n) is 15.3. The van der Waals surface area contributed by atoms with Gasteiger partial charge in [0.2, 0.25) is 15.9 Å². The molecule has 1 aromatic rings. The fourth-order valence-corrected chi connectivity index (χ4v) is 4.30. The summed E-state index contributed by atoms with van der Waals surface area (Å²) in [7, 11) is -3.52. The quantitative estimate of drug-likeness (QED) is 0.446. The molecule has 0 spiro atoms. The van der Waals surface area contributed by atoms with Gasteiger partial charge in [0.25, 0.3) is 0 Å². The zero-order chi connectivity index (χ0) is 19.0. The average Bonchev–Trinajstić information content (AvgIpc) is 2.85. The number of anilines is 1. The van der Waals surface area contributed by atoms with Crippen molar-refractivity contribution in [3.05, 3.63) is 27.8 Å². The maximum atomic E-state index is 12.2. The maximum Gasteiger partial charge on any atom is 0.240 e. The fraction of sp³-hybridized carbons (Fsp3) is 0.611. The van der Waals surface area contributed by atoms with Gasteiger partial charge in [-0.05, 0) is 85.8 Å². The predicted octanol–water partition coefficient (Wildman–Crippen LogP) is 2.44. The number of carbonyl (C=O) groups excluding carboxylic acids is 1. The van der Waals surface area contributed by atoms with Gasteiger partial charge in [-0.15, -0.1) is 0 Å². The number of nitrogens with zero attached hydrogens (tertiary/aromatic N) is 2. The van der Waals surface area contributed by atoms with Crippen molar-refractivity contribution in [1.29, 1.82) is 0 Å². The molecular weight excluding hydrogens is 465 g/mol. The Bertz CT molecular complexity index is 671. The Morgan fingerprint density at radius 3 is 2.35 bits per heavy atom. The van der Waals surface area contributed by atoms with Gasteiger partial charge in [-0.25, -0.2) is 8.42 Å². The highest BCUT2D eigenvalue weighted by Crippen LogP contribution is 2.18. The first-order chi connectivity index (χ1) is 12.4. The van der Waals surface area contributed by atoms with Crippen LogP contribution in [0, 0.1) is 3.57 Å². The van der Waals surface area contributed by atoms with Crippen molar-refractivity contribution in [2.24, 2.45) is 0 Å². The molecule has 2 rings (SSSR count). The molecule has 0 atom stereocenters. The number of hydrogen-bond acceptors (Lipinski definition) is 4. The lowest BCUT2D eigenvalue weighted by Crippen LogP contribution is -2.41. The first-order valence-electron chi connectivity index (χ1n) is 9.08. The van der Waals surface area contributed by atoms with Crippen LogP contribution in [0.3, 0.4) is 0 Å². The van der Waals surface area contributed by atoms with Gasteiger partial charge in [0.1, 0.15) is 6.54 Å². The van der Waals surface area contributed by atoms with E-state index >= 15 is 0 Å². The second kappa shape index (κ2) is 10.5. The first kappa shape index (κ1) is 21.4. The normalized spacial score (nSPS) is 16.1. The highest BCUT2D eigenvalue weighted by molar-refractivity contribution is 14.1. The standard InChI is InChI=1S/C18H28IN3O3S/c1-26(24,25)22(17-9-7-16(19)8-10-17)15-18(23)20-11-6-14-21-12-4-2-3-5-13-21/h7-10H,2-6,11-15H2,1H3,(H,20,23). The van der Waals surface area contributed by atoms with Crippen LogP contribution in [0.4, 0.5) is 5.69 Å². The van der Waals surface area contributed by atoms with E-state index in [9.17, 15) is 13.2 Å². The summed E-state index contributed by atoms with van der Waals surface area (Å²) >= 11 is 2.16. The molecule has 0 saturated carbocycles. The molecule has 1 amide bonds. The number of likely N-dealkylation sites (tertiary alicyclic amines) is 1. The number of nitrogens with one attached hydrogen (secondary N) is 1. The van der Waals surface area contributed by atoms with E-state index in [0.717, 1.165) is 40.2 Å². The van der Waals surface area contributed by atoms with Crippen molar-refractivity contribution in [3.63, 3.8) is 0 Å². The van der Waals surface area contributed by atoms with Gasteiger partial charge in [-0.2, -0.15) is 0 Å². The molecule has 0 aromatic heterocycles. The summed E-state index contributed by atoms with van der Waals surface area (Å²) in [5.74, 6) is -0.273. The Labute approximate surface area is 170 Å². The molecule has 6 nitrogen and oxygen atoms in total. The Kier molecular flexibility index (Phi) is 8.62. The van der Waals surface area contributed by atoms with Crippen LogP contribution in [0.1, 0.15) is 32.1 Å². The zero-order valence-corrected chi connectivity index (χ0v) is 18.3. The van der Waals surface area contributed by atoms with E-state index in [1.54, 1.807) is 12.1 Å². The van der Waals surface area contributed by atoms with E-state index in [2.05, 4.69) is 32.8 Å². The molecule has 1 saturated heterocycles. The summed E-state index contributed by atoms with van der Waals surface area (Å²) < 4.78 is 26.3. The van der Waals surface area contributed by atoms with Crippen LogP contribution in [-0.2, 0) is 14.8 Å². The smallest absolute Gasteiger partial charge is 0.240 e. The second-order valence-electron chi connectivity index (χ2n) is 6.71. The van der Waals surface area contributed by atoms with Crippen molar-refractivity contribution in [1.82, 2.24) is 10.2 Å². The van der Waals surface area contributed by atoms with E-state index in [4.69, 9.17) is 0 Å². The number of carbonyl (C=O) groups is 1. The van der Waals surface area contributed by atoms with Crippen molar-refractivity contribution >= 4 is 44.2 Å². The molecule has 8 heteroatoms. The average molecular weight is 493 g/mol. The van der Waals surface area contributed by atoms with E-state index in [1.165, 1.54) is 25.7 Å². The molecule has 1 aliphatic rings. The SMILES string of the molecule is CS(=O)(=O)N(CC(=O)NCCCN1CCCCCC1)c1ccc(I)cc1. The minimum Gasteiger partial charge on any atom is -0.354 e. The number of sulfonamides is 1. The third-order valence-corrected chi connectivity index (χ3v) is 6.33. The highest BCUT2D eigenvalue weighted by atomic mass is 127. The number of amides is 1. The molecule has 0 aliphatic carbocycles. The molecule has 1 N–H and O–H groups in total. The van der Waals surface area contributed by atoms with Crippen LogP contribution < -0.4 is 9.62 Å². The molecule has 1 fully saturated rings. The Hall–Kier alpha value is -0.870. The minimum absolute atomic E-state index is 0.191. The Morgan fingerprint density at radius 2 is 1.77 bits per heavy atom. The largest absolute Gasteiger partial charge is 0.354 e. The summed E-state index contributed by atoms with van der Waals surface area (Å²) in [4.78, 5) is 14.7. The molecule has 1 aliphatic heterocycles. The first-order valence-corrected chi connectivity index (χ1v) is 12.0. The Balaban J connectivity index is 1.80. The van der Waals surface area contributed by atoms with Gasteiger partial charge in [-0.3, -0.25) is 9.10 Å². The molecule has 146 valence electrons. The van der Waals surface area contributed by atoms with Gasteiger partial charge < -0.3 is 10.2 Å². The molecule has 1 heterocycles. The van der Waals surface area contributed by atoms with Gasteiger partial charge in [0, 0.05) is 10.1 Å². The molecule has 0 unspecified atom stereocenters. The van der Waals surface area contributed by atoms with Crippen molar-refractivity contribution in [2.45, 2.75) is 32.1 Å². The lowest BCUT2D eigenvalue weighted by atomic mass is 10.2. The van der Waals surface area contributed by atoms with Crippen LogP contribution in [0.25, 0.3) is 0 Å². The van der Waals surface area contributed by atoms with Crippen molar-refractivity contribution < 1.29 is 13.2 Å². The van der Waals surface area contributed by atoms with Crippen LogP contribution in [0.2, 0.25) is 0 Å². The minimum atomic E-state index is -3.52. The number of rotatable bonds is 8. The van der Waals surface area contributed by atoms with Gasteiger partial charge in [0.15, 0.2) is 0 Å². The summed E-state index contributed by atoms with van der Waals surface area (Å²) in [6.45, 7) is 3.64.